The average molecular weight is 275 g/mol. The van der Waals surface area contributed by atoms with Gasteiger partial charge in [-0.2, -0.15) is 4.98 Å². The number of nitrogens with zero attached hydrogens (tertiary/aromatic N) is 3. The molecule has 1 unspecified atom stereocenters. The Morgan fingerprint density at radius 1 is 1.35 bits per heavy atom. The molecular weight excluding hydrogens is 258 g/mol. The van der Waals surface area contributed by atoms with Crippen LogP contribution in [0, 0.1) is 0 Å². The van der Waals surface area contributed by atoms with Gasteiger partial charge >= 0.3 is 0 Å². The molecule has 1 aliphatic rings. The third-order valence-corrected chi connectivity index (χ3v) is 3.36. The minimum absolute atomic E-state index is 0.0157. The maximum Gasteiger partial charge on any atom is 0.245 e. The lowest BCUT2D eigenvalue weighted by molar-refractivity contribution is 0.451. The summed E-state index contributed by atoms with van der Waals surface area (Å²) < 4.78 is 0. The van der Waals surface area contributed by atoms with Gasteiger partial charge in [0.2, 0.25) is 5.95 Å². The number of phenols is 2. The predicted molar refractivity (Wildman–Crippen MR) is 74.8 cm³/mol. The van der Waals surface area contributed by atoms with Gasteiger partial charge in [-0.3, -0.25) is 5.10 Å². The van der Waals surface area contributed by atoms with Crippen molar-refractivity contribution in [3.05, 3.63) is 18.2 Å². The maximum atomic E-state index is 9.84. The van der Waals surface area contributed by atoms with Crippen molar-refractivity contribution in [2.24, 2.45) is 0 Å². The summed E-state index contributed by atoms with van der Waals surface area (Å²) in [6, 6.07) is 4.79. The summed E-state index contributed by atoms with van der Waals surface area (Å²) >= 11 is 0. The number of hydrogen-bond donors (Lipinski definition) is 4. The zero-order valence-corrected chi connectivity index (χ0v) is 11.2. The fraction of sp³-hybridized carbons (Fsp3) is 0.385. The molecule has 0 aliphatic carbocycles. The van der Waals surface area contributed by atoms with E-state index in [0.29, 0.717) is 23.4 Å². The zero-order valence-electron chi connectivity index (χ0n) is 11.2. The summed E-state index contributed by atoms with van der Waals surface area (Å²) in [6.07, 6.45) is 0. The molecule has 0 amide bonds. The van der Waals surface area contributed by atoms with Gasteiger partial charge in [-0.15, -0.1) is 5.10 Å². The largest absolute Gasteiger partial charge is 0.508 e. The minimum atomic E-state index is -0.0265. The van der Waals surface area contributed by atoms with Crippen LogP contribution in [0.3, 0.4) is 0 Å². The van der Waals surface area contributed by atoms with Gasteiger partial charge in [0.1, 0.15) is 11.5 Å². The third kappa shape index (κ3) is 2.39. The molecule has 0 bridgehead atoms. The Morgan fingerprint density at radius 2 is 2.20 bits per heavy atom. The predicted octanol–water partition coefficient (Wildman–Crippen LogP) is 0.681. The summed E-state index contributed by atoms with van der Waals surface area (Å²) in [6.45, 7) is 4.71. The Labute approximate surface area is 116 Å². The highest BCUT2D eigenvalue weighted by Crippen LogP contribution is 2.30. The first-order valence-corrected chi connectivity index (χ1v) is 6.56. The molecule has 0 spiro atoms. The number of nitrogens with one attached hydrogen (secondary N) is 2. The van der Waals surface area contributed by atoms with Crippen LogP contribution in [0.1, 0.15) is 6.92 Å². The molecule has 1 fully saturated rings. The SMILES string of the molecule is CC1CN(c2n[nH]c(-c3ccc(O)cc3O)n2)CCN1. The van der Waals surface area contributed by atoms with Gasteiger partial charge in [-0.1, -0.05) is 0 Å². The summed E-state index contributed by atoms with van der Waals surface area (Å²) in [4.78, 5) is 6.51. The van der Waals surface area contributed by atoms with E-state index >= 15 is 0 Å². The smallest absolute Gasteiger partial charge is 0.245 e. The number of phenolic OH excluding ortho intramolecular Hbond substituents is 2. The Kier molecular flexibility index (Phi) is 3.19. The quantitative estimate of drug-likeness (QED) is 0.643. The molecule has 1 atom stereocenters. The van der Waals surface area contributed by atoms with Gasteiger partial charge in [0.05, 0.1) is 5.56 Å². The van der Waals surface area contributed by atoms with Crippen molar-refractivity contribution in [3.63, 3.8) is 0 Å². The van der Waals surface area contributed by atoms with E-state index in [1.807, 2.05) is 0 Å². The summed E-state index contributed by atoms with van der Waals surface area (Å²) in [5.41, 5.74) is 0.518. The monoisotopic (exact) mass is 275 g/mol. The number of aromatic amines is 1. The maximum absolute atomic E-state index is 9.84. The highest BCUT2D eigenvalue weighted by molar-refractivity contribution is 5.65. The summed E-state index contributed by atoms with van der Waals surface area (Å²) in [5.74, 6) is 1.10. The van der Waals surface area contributed by atoms with Crippen LogP contribution in [0.4, 0.5) is 5.95 Å². The van der Waals surface area contributed by atoms with Gasteiger partial charge in [0.15, 0.2) is 5.82 Å². The molecule has 2 aromatic rings. The van der Waals surface area contributed by atoms with Crippen molar-refractivity contribution >= 4 is 5.95 Å². The molecule has 0 saturated carbocycles. The number of aromatic hydroxyl groups is 2. The highest BCUT2D eigenvalue weighted by atomic mass is 16.3. The number of aromatic nitrogens is 3. The highest BCUT2D eigenvalue weighted by Gasteiger charge is 2.20. The molecule has 1 aromatic carbocycles. The first kappa shape index (κ1) is 12.7. The van der Waals surface area contributed by atoms with E-state index in [1.165, 1.54) is 12.1 Å². The Bertz CT molecular complexity index is 613. The number of piperazine rings is 1. The van der Waals surface area contributed by atoms with E-state index in [2.05, 4.69) is 32.3 Å². The lowest BCUT2D eigenvalue weighted by Crippen LogP contribution is -2.49. The average Bonchev–Trinajstić information content (AvgIpc) is 2.88. The number of benzene rings is 1. The Morgan fingerprint density at radius 3 is 2.95 bits per heavy atom. The van der Waals surface area contributed by atoms with E-state index < -0.39 is 0 Å². The number of hydrogen-bond acceptors (Lipinski definition) is 6. The molecule has 106 valence electrons. The zero-order chi connectivity index (χ0) is 14.1. The molecule has 3 rings (SSSR count). The molecule has 4 N–H and O–H groups in total. The summed E-state index contributed by atoms with van der Waals surface area (Å²) in [7, 11) is 0. The van der Waals surface area contributed by atoms with E-state index in [-0.39, 0.29) is 11.5 Å². The van der Waals surface area contributed by atoms with E-state index in [9.17, 15) is 10.2 Å². The van der Waals surface area contributed by atoms with Crippen molar-refractivity contribution in [1.82, 2.24) is 20.5 Å². The van der Waals surface area contributed by atoms with Crippen LogP contribution in [0.5, 0.6) is 11.5 Å². The van der Waals surface area contributed by atoms with Gasteiger partial charge in [-0.25, -0.2) is 0 Å². The van der Waals surface area contributed by atoms with E-state index in [1.54, 1.807) is 6.07 Å². The lowest BCUT2D eigenvalue weighted by atomic mass is 10.2. The Balaban J connectivity index is 1.86. The van der Waals surface area contributed by atoms with Crippen LogP contribution in [0.15, 0.2) is 18.2 Å². The fourth-order valence-electron chi connectivity index (χ4n) is 2.35. The molecule has 0 radical (unpaired) electrons. The third-order valence-electron chi connectivity index (χ3n) is 3.36. The second kappa shape index (κ2) is 5.01. The van der Waals surface area contributed by atoms with Crippen LogP contribution >= 0.6 is 0 Å². The van der Waals surface area contributed by atoms with Crippen molar-refractivity contribution in [2.75, 3.05) is 24.5 Å². The van der Waals surface area contributed by atoms with Gasteiger partial charge in [0.25, 0.3) is 0 Å². The topological polar surface area (TPSA) is 97.3 Å². The number of anilines is 1. The van der Waals surface area contributed by atoms with Crippen molar-refractivity contribution in [1.29, 1.82) is 0 Å². The number of H-pyrrole nitrogens is 1. The molecule has 1 aromatic heterocycles. The van der Waals surface area contributed by atoms with Crippen LogP contribution in [0.25, 0.3) is 11.4 Å². The molecule has 20 heavy (non-hydrogen) atoms. The van der Waals surface area contributed by atoms with Gasteiger partial charge in [-0.05, 0) is 19.1 Å². The molecule has 1 aliphatic heterocycles. The molecule has 7 nitrogen and oxygen atoms in total. The molecular formula is C13H17N5O2. The van der Waals surface area contributed by atoms with Crippen LogP contribution < -0.4 is 10.2 Å². The second-order valence-corrected chi connectivity index (χ2v) is 4.99. The molecule has 2 heterocycles. The van der Waals surface area contributed by atoms with Gasteiger partial charge in [0, 0.05) is 31.7 Å². The lowest BCUT2D eigenvalue weighted by Gasteiger charge is -2.30. The van der Waals surface area contributed by atoms with Crippen LogP contribution in [-0.2, 0) is 0 Å². The van der Waals surface area contributed by atoms with Gasteiger partial charge < -0.3 is 20.4 Å². The number of rotatable bonds is 2. The fourth-order valence-corrected chi connectivity index (χ4v) is 2.35. The summed E-state index contributed by atoms with van der Waals surface area (Å²) in [5, 5.41) is 29.5. The first-order chi connectivity index (χ1) is 9.63. The standard InChI is InChI=1S/C13H17N5O2/c1-8-7-18(5-4-14-8)13-15-12(16-17-13)10-3-2-9(19)6-11(10)20/h2-3,6,8,14,19-20H,4-5,7H2,1H3,(H,15,16,17). The van der Waals surface area contributed by atoms with Crippen LogP contribution in [-0.4, -0.2) is 51.1 Å². The Hall–Kier alpha value is -2.28. The van der Waals surface area contributed by atoms with E-state index in [4.69, 9.17) is 0 Å². The molecule has 7 heteroatoms. The van der Waals surface area contributed by atoms with Crippen molar-refractivity contribution in [3.8, 4) is 22.9 Å². The first-order valence-electron chi connectivity index (χ1n) is 6.56. The normalized spacial score (nSPS) is 19.2. The van der Waals surface area contributed by atoms with Crippen molar-refractivity contribution < 1.29 is 10.2 Å². The second-order valence-electron chi connectivity index (χ2n) is 4.99. The molecule has 1 saturated heterocycles. The van der Waals surface area contributed by atoms with Crippen LogP contribution in [0.2, 0.25) is 0 Å². The van der Waals surface area contributed by atoms with E-state index in [0.717, 1.165) is 19.6 Å². The minimum Gasteiger partial charge on any atom is -0.508 e. The van der Waals surface area contributed by atoms with Crippen molar-refractivity contribution in [2.45, 2.75) is 13.0 Å².